The normalized spacial score (nSPS) is 41.5. The summed E-state index contributed by atoms with van der Waals surface area (Å²) in [4.78, 5) is 14.7. The Morgan fingerprint density at radius 3 is 2.80 bits per heavy atom. The zero-order valence-electron chi connectivity index (χ0n) is 12.6. The minimum Gasteiger partial charge on any atom is -0.394 e. The molecule has 5 unspecified atom stereocenters. The fourth-order valence-corrected chi connectivity index (χ4v) is 4.45. The van der Waals surface area contributed by atoms with Gasteiger partial charge in [-0.2, -0.15) is 0 Å². The number of aliphatic hydroxyl groups excluding tert-OH is 1. The molecule has 1 saturated carbocycles. The third-order valence-corrected chi connectivity index (χ3v) is 5.80. The number of hydrogen-bond donors (Lipinski definition) is 2. The van der Waals surface area contributed by atoms with E-state index in [1.165, 1.54) is 32.1 Å². The van der Waals surface area contributed by atoms with Gasteiger partial charge in [0.2, 0.25) is 5.91 Å². The molecule has 3 fully saturated rings. The smallest absolute Gasteiger partial charge is 0.240 e. The number of hydrogen-bond acceptors (Lipinski definition) is 3. The molecule has 5 atom stereocenters. The van der Waals surface area contributed by atoms with Crippen LogP contribution in [0.3, 0.4) is 0 Å². The minimum atomic E-state index is -0.00583. The van der Waals surface area contributed by atoms with Crippen molar-refractivity contribution in [3.05, 3.63) is 0 Å². The second-order valence-electron chi connectivity index (χ2n) is 7.00. The van der Waals surface area contributed by atoms with E-state index in [0.717, 1.165) is 25.3 Å². The molecule has 3 rings (SSSR count). The molecule has 2 saturated heterocycles. The Morgan fingerprint density at radius 1 is 1.20 bits per heavy atom. The van der Waals surface area contributed by atoms with Gasteiger partial charge in [0, 0.05) is 12.6 Å². The van der Waals surface area contributed by atoms with Gasteiger partial charge in [-0.25, -0.2) is 0 Å². The van der Waals surface area contributed by atoms with Crippen molar-refractivity contribution in [2.75, 3.05) is 13.2 Å². The Bertz CT molecular complexity index is 360. The van der Waals surface area contributed by atoms with Crippen LogP contribution in [0.2, 0.25) is 0 Å². The van der Waals surface area contributed by atoms with Crippen molar-refractivity contribution in [1.29, 1.82) is 0 Å². The molecule has 20 heavy (non-hydrogen) atoms. The van der Waals surface area contributed by atoms with Crippen LogP contribution < -0.4 is 5.32 Å². The fourth-order valence-electron chi connectivity index (χ4n) is 4.45. The number of rotatable bonds is 2. The van der Waals surface area contributed by atoms with E-state index in [1.54, 1.807) is 0 Å². The summed E-state index contributed by atoms with van der Waals surface area (Å²) in [6, 6.07) is 0.584. The zero-order valence-corrected chi connectivity index (χ0v) is 12.6. The Morgan fingerprint density at radius 2 is 2.00 bits per heavy atom. The molecule has 114 valence electrons. The van der Waals surface area contributed by atoms with Crippen LogP contribution in [-0.4, -0.2) is 47.2 Å². The lowest BCUT2D eigenvalue weighted by atomic mass is 9.77. The molecule has 4 nitrogen and oxygen atoms in total. The summed E-state index contributed by atoms with van der Waals surface area (Å²) >= 11 is 0. The molecule has 2 aliphatic heterocycles. The Balaban J connectivity index is 1.63. The highest BCUT2D eigenvalue weighted by Gasteiger charge is 2.40. The highest BCUT2D eigenvalue weighted by atomic mass is 16.3. The predicted octanol–water partition coefficient (Wildman–Crippen LogP) is 1.53. The van der Waals surface area contributed by atoms with E-state index in [9.17, 15) is 9.90 Å². The summed E-state index contributed by atoms with van der Waals surface area (Å²) in [5.41, 5.74) is 0. The van der Waals surface area contributed by atoms with E-state index in [4.69, 9.17) is 0 Å². The van der Waals surface area contributed by atoms with E-state index in [1.807, 2.05) is 4.90 Å². The van der Waals surface area contributed by atoms with Gasteiger partial charge in [0.25, 0.3) is 0 Å². The molecule has 3 aliphatic rings. The topological polar surface area (TPSA) is 52.6 Å². The SMILES string of the molecule is CC1CCN(C(=O)C2CCC3CCCCC3N2)C1CO. The van der Waals surface area contributed by atoms with E-state index in [-0.39, 0.29) is 24.6 Å². The number of amides is 1. The zero-order chi connectivity index (χ0) is 14.1. The molecule has 0 radical (unpaired) electrons. The molecule has 2 heterocycles. The number of likely N-dealkylation sites (tertiary alicyclic amines) is 1. The third-order valence-electron chi connectivity index (χ3n) is 5.80. The summed E-state index contributed by atoms with van der Waals surface area (Å²) in [5.74, 6) is 1.45. The van der Waals surface area contributed by atoms with Crippen LogP contribution in [0, 0.1) is 11.8 Å². The van der Waals surface area contributed by atoms with Crippen LogP contribution >= 0.6 is 0 Å². The summed E-state index contributed by atoms with van der Waals surface area (Å²) in [6.45, 7) is 3.06. The van der Waals surface area contributed by atoms with Crippen LogP contribution in [0.25, 0.3) is 0 Å². The van der Waals surface area contributed by atoms with Gasteiger partial charge in [0.05, 0.1) is 18.7 Å². The Labute approximate surface area is 121 Å². The third kappa shape index (κ3) is 2.60. The maximum Gasteiger partial charge on any atom is 0.240 e. The molecule has 4 heteroatoms. The van der Waals surface area contributed by atoms with Crippen LogP contribution in [-0.2, 0) is 4.79 Å². The van der Waals surface area contributed by atoms with Crippen LogP contribution in [0.4, 0.5) is 0 Å². The summed E-state index contributed by atoms with van der Waals surface area (Å²) in [5, 5.41) is 13.1. The van der Waals surface area contributed by atoms with Crippen molar-refractivity contribution in [2.45, 2.75) is 70.0 Å². The number of nitrogens with one attached hydrogen (secondary N) is 1. The Hall–Kier alpha value is -0.610. The Kier molecular flexibility index (Phi) is 4.32. The number of aliphatic hydroxyl groups is 1. The fraction of sp³-hybridized carbons (Fsp3) is 0.938. The maximum atomic E-state index is 12.7. The number of carbonyl (C=O) groups excluding carboxylic acids is 1. The predicted molar refractivity (Wildman–Crippen MR) is 78.3 cm³/mol. The molecule has 0 aromatic rings. The monoisotopic (exact) mass is 280 g/mol. The first kappa shape index (κ1) is 14.3. The quantitative estimate of drug-likeness (QED) is 0.806. The molecule has 1 aliphatic carbocycles. The first-order valence-electron chi connectivity index (χ1n) is 8.38. The van der Waals surface area contributed by atoms with Crippen LogP contribution in [0.1, 0.15) is 51.9 Å². The van der Waals surface area contributed by atoms with Crippen molar-refractivity contribution in [1.82, 2.24) is 10.2 Å². The van der Waals surface area contributed by atoms with Crippen molar-refractivity contribution in [2.24, 2.45) is 11.8 Å². The lowest BCUT2D eigenvalue weighted by Crippen LogP contribution is -2.57. The van der Waals surface area contributed by atoms with Crippen LogP contribution in [0.5, 0.6) is 0 Å². The van der Waals surface area contributed by atoms with Crippen molar-refractivity contribution in [3.63, 3.8) is 0 Å². The minimum absolute atomic E-state index is 0.00583. The second-order valence-corrected chi connectivity index (χ2v) is 7.00. The first-order valence-corrected chi connectivity index (χ1v) is 8.38. The lowest BCUT2D eigenvalue weighted by molar-refractivity contribution is -0.136. The van der Waals surface area contributed by atoms with E-state index >= 15 is 0 Å². The lowest BCUT2D eigenvalue weighted by Gasteiger charge is -2.41. The highest BCUT2D eigenvalue weighted by Crippen LogP contribution is 2.33. The van der Waals surface area contributed by atoms with E-state index in [2.05, 4.69) is 12.2 Å². The van der Waals surface area contributed by atoms with Crippen molar-refractivity contribution in [3.8, 4) is 0 Å². The van der Waals surface area contributed by atoms with Gasteiger partial charge >= 0.3 is 0 Å². The van der Waals surface area contributed by atoms with Gasteiger partial charge in [-0.1, -0.05) is 19.8 Å². The van der Waals surface area contributed by atoms with Gasteiger partial charge in [0.1, 0.15) is 0 Å². The molecule has 2 N–H and O–H groups in total. The van der Waals surface area contributed by atoms with Gasteiger partial charge in [-0.3, -0.25) is 4.79 Å². The maximum absolute atomic E-state index is 12.7. The number of piperidine rings is 1. The van der Waals surface area contributed by atoms with Gasteiger partial charge in [0.15, 0.2) is 0 Å². The van der Waals surface area contributed by atoms with Crippen LogP contribution in [0.15, 0.2) is 0 Å². The van der Waals surface area contributed by atoms with Crippen molar-refractivity contribution < 1.29 is 9.90 Å². The van der Waals surface area contributed by atoms with Crippen molar-refractivity contribution >= 4 is 5.91 Å². The molecule has 0 bridgehead atoms. The highest BCUT2D eigenvalue weighted by molar-refractivity contribution is 5.82. The largest absolute Gasteiger partial charge is 0.394 e. The molecule has 0 spiro atoms. The molecule has 0 aromatic carbocycles. The summed E-state index contributed by atoms with van der Waals surface area (Å²) < 4.78 is 0. The number of fused-ring (bicyclic) bond motifs is 1. The van der Waals surface area contributed by atoms with E-state index < -0.39 is 0 Å². The van der Waals surface area contributed by atoms with Gasteiger partial charge in [-0.05, 0) is 43.9 Å². The second kappa shape index (κ2) is 6.02. The molecular weight excluding hydrogens is 252 g/mol. The summed E-state index contributed by atoms with van der Waals surface area (Å²) in [6.07, 6.45) is 8.42. The standard InChI is InChI=1S/C16H28N2O2/c1-11-8-9-18(15(11)10-19)16(20)14-7-6-12-4-2-3-5-13(12)17-14/h11-15,17,19H,2-10H2,1H3. The molecule has 1 amide bonds. The number of nitrogens with zero attached hydrogens (tertiary/aromatic N) is 1. The average molecular weight is 280 g/mol. The average Bonchev–Trinajstić information content (AvgIpc) is 2.86. The molecular formula is C16H28N2O2. The van der Waals surface area contributed by atoms with Gasteiger partial charge < -0.3 is 15.3 Å². The van der Waals surface area contributed by atoms with E-state index in [0.29, 0.717) is 12.0 Å². The first-order chi connectivity index (χ1) is 9.70. The van der Waals surface area contributed by atoms with Gasteiger partial charge in [-0.15, -0.1) is 0 Å². The summed E-state index contributed by atoms with van der Waals surface area (Å²) in [7, 11) is 0. The number of carbonyl (C=O) groups is 1. The molecule has 0 aromatic heterocycles.